The highest BCUT2D eigenvalue weighted by molar-refractivity contribution is 5.86. The van der Waals surface area contributed by atoms with E-state index in [9.17, 15) is 14.4 Å². The highest BCUT2D eigenvalue weighted by Gasteiger charge is 2.13. The Hall–Kier alpha value is -3.16. The van der Waals surface area contributed by atoms with Crippen molar-refractivity contribution in [3.05, 3.63) is 56.6 Å². The van der Waals surface area contributed by atoms with Crippen molar-refractivity contribution in [3.63, 3.8) is 0 Å². The highest BCUT2D eigenvalue weighted by atomic mass is 16.4. The number of nitrogens with zero attached hydrogens (tertiary/aromatic N) is 3. The number of aromatic amines is 1. The molecule has 0 aliphatic carbocycles. The molecule has 8 heteroatoms. The molecule has 23 heavy (non-hydrogen) atoms. The molecule has 0 saturated carbocycles. The first-order valence-corrected chi connectivity index (χ1v) is 6.99. The van der Waals surface area contributed by atoms with Gasteiger partial charge in [-0.05, 0) is 32.0 Å². The van der Waals surface area contributed by atoms with Crippen LogP contribution in [0.1, 0.15) is 23.1 Å². The van der Waals surface area contributed by atoms with E-state index in [1.165, 1.54) is 0 Å². The van der Waals surface area contributed by atoms with Crippen molar-refractivity contribution in [2.45, 2.75) is 20.4 Å². The second-order valence-electron chi connectivity index (χ2n) is 5.05. The summed E-state index contributed by atoms with van der Waals surface area (Å²) in [6, 6.07) is 5.17. The lowest BCUT2D eigenvalue weighted by Gasteiger charge is -2.07. The van der Waals surface area contributed by atoms with Gasteiger partial charge in [0.2, 0.25) is 0 Å². The fraction of sp³-hybridized carbons (Fsp3) is 0.200. The van der Waals surface area contributed by atoms with Gasteiger partial charge in [0, 0.05) is 12.7 Å². The maximum atomic E-state index is 12.0. The van der Waals surface area contributed by atoms with Crippen LogP contribution in [0.2, 0.25) is 0 Å². The van der Waals surface area contributed by atoms with Crippen LogP contribution in [0.3, 0.4) is 0 Å². The minimum atomic E-state index is -1.40. The summed E-state index contributed by atoms with van der Waals surface area (Å²) < 4.78 is 3.11. The van der Waals surface area contributed by atoms with Gasteiger partial charge < -0.3 is 9.67 Å². The summed E-state index contributed by atoms with van der Waals surface area (Å²) in [5.41, 5.74) is -0.0830. The molecule has 8 nitrogen and oxygen atoms in total. The van der Waals surface area contributed by atoms with Gasteiger partial charge in [-0.15, -0.1) is 0 Å². The van der Waals surface area contributed by atoms with Crippen molar-refractivity contribution >= 4 is 17.0 Å². The zero-order valence-corrected chi connectivity index (χ0v) is 12.5. The van der Waals surface area contributed by atoms with E-state index in [2.05, 4.69) is 4.98 Å². The number of carbonyl (C=O) groups is 1. The molecule has 0 atom stereocenters. The first-order chi connectivity index (χ1) is 10.9. The average Bonchev–Trinajstić information content (AvgIpc) is 2.80. The van der Waals surface area contributed by atoms with E-state index in [1.807, 2.05) is 29.5 Å². The Morgan fingerprint density at radius 2 is 2.09 bits per heavy atom. The quantitative estimate of drug-likeness (QED) is 0.746. The van der Waals surface area contributed by atoms with E-state index < -0.39 is 22.8 Å². The molecule has 0 fully saturated rings. The van der Waals surface area contributed by atoms with Gasteiger partial charge in [0.15, 0.2) is 0 Å². The zero-order chi connectivity index (χ0) is 16.7. The predicted octanol–water partition coefficient (Wildman–Crippen LogP) is 0.902. The van der Waals surface area contributed by atoms with Gasteiger partial charge in [0.05, 0.1) is 16.7 Å². The largest absolute Gasteiger partial charge is 0.477 e. The summed E-state index contributed by atoms with van der Waals surface area (Å²) in [4.78, 5) is 41.0. The van der Waals surface area contributed by atoms with Crippen LogP contribution in [0.4, 0.5) is 0 Å². The third-order valence-electron chi connectivity index (χ3n) is 3.69. The minimum Gasteiger partial charge on any atom is -0.477 e. The summed E-state index contributed by atoms with van der Waals surface area (Å²) in [5.74, 6) is -0.549. The van der Waals surface area contributed by atoms with Crippen molar-refractivity contribution in [2.75, 3.05) is 0 Å². The van der Waals surface area contributed by atoms with Crippen molar-refractivity contribution in [2.24, 2.45) is 0 Å². The molecule has 3 rings (SSSR count). The van der Waals surface area contributed by atoms with E-state index in [-0.39, 0.29) is 0 Å². The lowest BCUT2D eigenvalue weighted by Crippen LogP contribution is -2.32. The number of benzene rings is 1. The molecule has 0 radical (unpaired) electrons. The van der Waals surface area contributed by atoms with E-state index in [0.29, 0.717) is 11.2 Å². The summed E-state index contributed by atoms with van der Waals surface area (Å²) in [6.45, 7) is 4.66. The lowest BCUT2D eigenvalue weighted by molar-refractivity contribution is 0.0694. The Bertz CT molecular complexity index is 1040. The third-order valence-corrected chi connectivity index (χ3v) is 3.69. The fourth-order valence-corrected chi connectivity index (χ4v) is 2.60. The number of fused-ring (bicyclic) bond motifs is 1. The highest BCUT2D eigenvalue weighted by Crippen LogP contribution is 2.19. The first-order valence-electron chi connectivity index (χ1n) is 6.99. The monoisotopic (exact) mass is 314 g/mol. The molecule has 2 aromatic heterocycles. The molecular formula is C15H14N4O4. The van der Waals surface area contributed by atoms with Gasteiger partial charge in [-0.1, -0.05) is 0 Å². The number of imidazole rings is 1. The Morgan fingerprint density at radius 1 is 1.35 bits per heavy atom. The van der Waals surface area contributed by atoms with Crippen molar-refractivity contribution < 1.29 is 9.90 Å². The first kappa shape index (κ1) is 14.8. The average molecular weight is 314 g/mol. The Balaban J connectivity index is 2.25. The lowest BCUT2D eigenvalue weighted by atomic mass is 10.2. The Kier molecular flexibility index (Phi) is 3.36. The van der Waals surface area contributed by atoms with E-state index in [0.717, 1.165) is 28.6 Å². The number of aryl methyl sites for hydroxylation is 2. The van der Waals surface area contributed by atoms with Crippen LogP contribution < -0.4 is 11.2 Å². The van der Waals surface area contributed by atoms with Crippen LogP contribution in [0, 0.1) is 6.92 Å². The Morgan fingerprint density at radius 3 is 2.74 bits per heavy atom. The van der Waals surface area contributed by atoms with E-state index in [4.69, 9.17) is 5.11 Å². The number of H-pyrrole nitrogens is 1. The maximum absolute atomic E-state index is 12.0. The van der Waals surface area contributed by atoms with Crippen LogP contribution in [-0.2, 0) is 6.54 Å². The molecular weight excluding hydrogens is 300 g/mol. The molecule has 0 unspecified atom stereocenters. The fourth-order valence-electron chi connectivity index (χ4n) is 2.60. The number of carboxylic acids is 1. The second kappa shape index (κ2) is 5.24. The number of rotatable bonds is 3. The number of hydrogen-bond donors (Lipinski definition) is 2. The van der Waals surface area contributed by atoms with Crippen molar-refractivity contribution in [3.8, 4) is 5.69 Å². The number of aromatic carboxylic acids is 1. The van der Waals surface area contributed by atoms with E-state index in [1.54, 1.807) is 12.1 Å². The van der Waals surface area contributed by atoms with Crippen LogP contribution in [0.15, 0.2) is 34.0 Å². The zero-order valence-electron chi connectivity index (χ0n) is 12.5. The molecule has 0 aliphatic rings. The Labute approximate surface area is 129 Å². The minimum absolute atomic E-state index is 0.432. The van der Waals surface area contributed by atoms with Crippen LogP contribution >= 0.6 is 0 Å². The topological polar surface area (TPSA) is 110 Å². The molecule has 0 amide bonds. The van der Waals surface area contributed by atoms with Gasteiger partial charge >= 0.3 is 11.7 Å². The smallest absolute Gasteiger partial charge is 0.342 e. The standard InChI is InChI=1S/C15H14N4O4/c1-3-18-8(2)16-11-6-9(4-5-12(11)18)19-7-10(14(21)22)13(20)17-15(19)23/h4-7H,3H2,1-2H3,(H,21,22)(H,17,20,23). The summed E-state index contributed by atoms with van der Waals surface area (Å²) >= 11 is 0. The summed E-state index contributed by atoms with van der Waals surface area (Å²) in [5, 5.41) is 9.02. The molecule has 2 heterocycles. The molecule has 0 aliphatic heterocycles. The van der Waals surface area contributed by atoms with Crippen LogP contribution in [-0.4, -0.2) is 30.2 Å². The van der Waals surface area contributed by atoms with Gasteiger partial charge in [0.25, 0.3) is 5.56 Å². The number of carboxylic acid groups (broad SMARTS) is 1. The predicted molar refractivity (Wildman–Crippen MR) is 83.3 cm³/mol. The maximum Gasteiger partial charge on any atom is 0.342 e. The SMILES string of the molecule is CCn1c(C)nc2cc(-n3cc(C(=O)O)c(=O)[nH]c3=O)ccc21. The van der Waals surface area contributed by atoms with Gasteiger partial charge in [-0.3, -0.25) is 14.3 Å². The van der Waals surface area contributed by atoms with Gasteiger partial charge in [0.1, 0.15) is 11.4 Å². The molecule has 0 saturated heterocycles. The van der Waals surface area contributed by atoms with Gasteiger partial charge in [-0.2, -0.15) is 0 Å². The van der Waals surface area contributed by atoms with Crippen LogP contribution in [0.5, 0.6) is 0 Å². The third kappa shape index (κ3) is 2.33. The molecule has 0 spiro atoms. The number of hydrogen-bond acceptors (Lipinski definition) is 4. The number of nitrogens with one attached hydrogen (secondary N) is 1. The van der Waals surface area contributed by atoms with Gasteiger partial charge in [-0.25, -0.2) is 14.6 Å². The summed E-state index contributed by atoms with van der Waals surface area (Å²) in [7, 11) is 0. The molecule has 2 N–H and O–H groups in total. The number of aromatic nitrogens is 4. The molecule has 0 bridgehead atoms. The summed E-state index contributed by atoms with van der Waals surface area (Å²) in [6.07, 6.45) is 1.02. The normalized spacial score (nSPS) is 11.0. The van der Waals surface area contributed by atoms with Crippen molar-refractivity contribution in [1.82, 2.24) is 19.1 Å². The van der Waals surface area contributed by atoms with Crippen molar-refractivity contribution in [1.29, 1.82) is 0 Å². The molecule has 1 aromatic carbocycles. The molecule has 3 aromatic rings. The molecule has 118 valence electrons. The second-order valence-corrected chi connectivity index (χ2v) is 5.05. The van der Waals surface area contributed by atoms with E-state index >= 15 is 0 Å². The van der Waals surface area contributed by atoms with Crippen LogP contribution in [0.25, 0.3) is 16.7 Å².